The van der Waals surface area contributed by atoms with Crippen LogP contribution in [0.25, 0.3) is 16.6 Å². The number of fused-ring (bicyclic) bond motifs is 1. The number of nitrogen functional groups attached to an aromatic ring is 1. The summed E-state index contributed by atoms with van der Waals surface area (Å²) >= 11 is 6.36. The molecule has 0 saturated heterocycles. The predicted molar refractivity (Wildman–Crippen MR) is 141 cm³/mol. The molecule has 0 fully saturated rings. The van der Waals surface area contributed by atoms with Crippen LogP contribution in [0.4, 0.5) is 11.6 Å². The summed E-state index contributed by atoms with van der Waals surface area (Å²) in [6.45, 7) is 0.420. The molecule has 8 nitrogen and oxygen atoms in total. The third kappa shape index (κ3) is 4.73. The summed E-state index contributed by atoms with van der Waals surface area (Å²) in [4.78, 5) is 30.7. The summed E-state index contributed by atoms with van der Waals surface area (Å²) in [5, 5.41) is 4.02. The number of anilines is 2. The molecule has 0 bridgehead atoms. The van der Waals surface area contributed by atoms with Crippen LogP contribution in [0.3, 0.4) is 0 Å². The van der Waals surface area contributed by atoms with Gasteiger partial charge in [0.1, 0.15) is 29.4 Å². The number of hydrogen-bond donors (Lipinski definition) is 2. The highest BCUT2D eigenvalue weighted by Crippen LogP contribution is 2.21. The lowest BCUT2D eigenvalue weighted by Crippen LogP contribution is -2.25. The number of nitrogens with one attached hydrogen (secondary N) is 1. The first-order valence-electron chi connectivity index (χ1n) is 11.1. The summed E-state index contributed by atoms with van der Waals surface area (Å²) in [5.74, 6) is 7.41. The van der Waals surface area contributed by atoms with Gasteiger partial charge in [-0.2, -0.15) is 0 Å². The van der Waals surface area contributed by atoms with Crippen molar-refractivity contribution < 1.29 is 0 Å². The van der Waals surface area contributed by atoms with Crippen molar-refractivity contribution in [3.63, 3.8) is 0 Å². The van der Waals surface area contributed by atoms with Gasteiger partial charge in [0.25, 0.3) is 5.56 Å². The Balaban J connectivity index is 1.47. The van der Waals surface area contributed by atoms with E-state index in [9.17, 15) is 4.79 Å². The molecule has 2 aromatic carbocycles. The number of pyridine rings is 1. The highest BCUT2D eigenvalue weighted by atomic mass is 35.5. The second-order valence-electron chi connectivity index (χ2n) is 7.79. The first-order valence-corrected chi connectivity index (χ1v) is 11.5. The lowest BCUT2D eigenvalue weighted by molar-refractivity contribution is 0.809. The Hall–Kier alpha value is -4.74. The van der Waals surface area contributed by atoms with Crippen molar-refractivity contribution in [2.45, 2.75) is 6.42 Å². The van der Waals surface area contributed by atoms with E-state index in [2.05, 4.69) is 32.1 Å². The Morgan fingerprint density at radius 1 is 1.00 bits per heavy atom. The van der Waals surface area contributed by atoms with Crippen LogP contribution < -0.4 is 16.6 Å². The van der Waals surface area contributed by atoms with Gasteiger partial charge in [-0.3, -0.25) is 14.3 Å². The van der Waals surface area contributed by atoms with Crippen LogP contribution in [0.5, 0.6) is 0 Å². The van der Waals surface area contributed by atoms with Gasteiger partial charge in [-0.1, -0.05) is 47.7 Å². The Labute approximate surface area is 211 Å². The molecular formula is C27H20ClN7O. The Bertz CT molecular complexity index is 1660. The Morgan fingerprint density at radius 3 is 2.67 bits per heavy atom. The first kappa shape index (κ1) is 23.0. The zero-order chi connectivity index (χ0) is 24.9. The number of aromatic nitrogens is 5. The lowest BCUT2D eigenvalue weighted by Gasteiger charge is -2.15. The van der Waals surface area contributed by atoms with Gasteiger partial charge in [0.05, 0.1) is 21.6 Å². The third-order valence-electron chi connectivity index (χ3n) is 5.44. The molecule has 3 aromatic heterocycles. The Kier molecular flexibility index (Phi) is 6.56. The normalized spacial score (nSPS) is 10.6. The second kappa shape index (κ2) is 10.3. The molecule has 0 saturated carbocycles. The fourth-order valence-electron chi connectivity index (χ4n) is 3.77. The average molecular weight is 494 g/mol. The highest BCUT2D eigenvalue weighted by Gasteiger charge is 2.15. The van der Waals surface area contributed by atoms with Crippen molar-refractivity contribution in [2.24, 2.45) is 0 Å². The van der Waals surface area contributed by atoms with Gasteiger partial charge in [0.15, 0.2) is 0 Å². The van der Waals surface area contributed by atoms with Crippen LogP contribution in [0, 0.1) is 11.8 Å². The minimum Gasteiger partial charge on any atom is -0.382 e. The number of rotatable bonds is 5. The molecule has 0 aliphatic heterocycles. The molecule has 0 radical (unpaired) electrons. The van der Waals surface area contributed by atoms with Crippen molar-refractivity contribution in [1.82, 2.24) is 24.5 Å². The summed E-state index contributed by atoms with van der Waals surface area (Å²) < 4.78 is 1.59. The fraction of sp³-hybridized carbons (Fsp3) is 0.0741. The summed E-state index contributed by atoms with van der Waals surface area (Å²) in [6.07, 6.45) is 5.15. The number of halogens is 1. The van der Waals surface area contributed by atoms with Crippen molar-refractivity contribution in [1.29, 1.82) is 0 Å². The lowest BCUT2D eigenvalue weighted by atomic mass is 10.2. The second-order valence-corrected chi connectivity index (χ2v) is 8.20. The maximum atomic E-state index is 13.5. The van der Waals surface area contributed by atoms with E-state index >= 15 is 0 Å². The fourth-order valence-corrected chi connectivity index (χ4v) is 4.02. The Morgan fingerprint density at radius 2 is 1.86 bits per heavy atom. The van der Waals surface area contributed by atoms with Gasteiger partial charge < -0.3 is 11.1 Å². The van der Waals surface area contributed by atoms with Crippen LogP contribution >= 0.6 is 11.6 Å². The molecule has 0 aliphatic carbocycles. The minimum absolute atomic E-state index is 0.221. The van der Waals surface area contributed by atoms with Gasteiger partial charge in [0.2, 0.25) is 0 Å². The van der Waals surface area contributed by atoms with Crippen LogP contribution in [-0.4, -0.2) is 31.0 Å². The van der Waals surface area contributed by atoms with E-state index in [-0.39, 0.29) is 11.4 Å². The van der Waals surface area contributed by atoms with Gasteiger partial charge in [-0.25, -0.2) is 15.0 Å². The minimum atomic E-state index is -0.221. The van der Waals surface area contributed by atoms with Gasteiger partial charge >= 0.3 is 0 Å². The molecule has 0 atom stereocenters. The van der Waals surface area contributed by atoms with E-state index in [1.54, 1.807) is 35.2 Å². The number of nitrogens with zero attached hydrogens (tertiary/aromatic N) is 5. The predicted octanol–water partition coefficient (Wildman–Crippen LogP) is 3.86. The van der Waals surface area contributed by atoms with Gasteiger partial charge in [-0.05, 0) is 36.4 Å². The van der Waals surface area contributed by atoms with Crippen LogP contribution in [-0.2, 0) is 6.42 Å². The van der Waals surface area contributed by atoms with Crippen LogP contribution in [0.1, 0.15) is 17.0 Å². The maximum Gasteiger partial charge on any atom is 0.267 e. The number of nitrogens with two attached hydrogens (primary N) is 1. The zero-order valence-electron chi connectivity index (χ0n) is 19.0. The van der Waals surface area contributed by atoms with E-state index in [4.69, 9.17) is 22.3 Å². The van der Waals surface area contributed by atoms with Crippen molar-refractivity contribution in [2.75, 3.05) is 17.6 Å². The van der Waals surface area contributed by atoms with E-state index in [0.29, 0.717) is 51.8 Å². The molecule has 9 heteroatoms. The molecule has 3 heterocycles. The number of benzene rings is 2. The number of para-hydroxylation sites is 1. The van der Waals surface area contributed by atoms with Crippen molar-refractivity contribution >= 4 is 34.1 Å². The topological polar surface area (TPSA) is 112 Å². The molecule has 0 spiro atoms. The largest absolute Gasteiger partial charge is 0.382 e. The smallest absolute Gasteiger partial charge is 0.267 e. The first-order chi connectivity index (χ1) is 17.6. The molecule has 3 N–H and O–H groups in total. The van der Waals surface area contributed by atoms with Crippen molar-refractivity contribution in [3.8, 4) is 17.5 Å². The summed E-state index contributed by atoms with van der Waals surface area (Å²) in [5.41, 5.74) is 8.35. The maximum absolute atomic E-state index is 13.5. The standard InChI is InChI=1S/C27H20ClN7O/c28-21-9-4-10-22-24(21)27(36)35(19-7-2-1-3-8-19)23(34-22)13-15-31-26-20(25(29)32-17-33-26)12-11-18-6-5-14-30-16-18/h1-10,14,16-17H,13,15H2,(H3,29,31,32,33). The highest BCUT2D eigenvalue weighted by molar-refractivity contribution is 6.35. The summed E-state index contributed by atoms with van der Waals surface area (Å²) in [7, 11) is 0. The quantitative estimate of drug-likeness (QED) is 0.357. The zero-order valence-corrected chi connectivity index (χ0v) is 19.8. The molecule has 5 aromatic rings. The van der Waals surface area contributed by atoms with E-state index in [0.717, 1.165) is 5.56 Å². The molecular weight excluding hydrogens is 474 g/mol. The van der Waals surface area contributed by atoms with Crippen LogP contribution in [0.15, 0.2) is 84.2 Å². The van der Waals surface area contributed by atoms with Crippen LogP contribution in [0.2, 0.25) is 5.02 Å². The average Bonchev–Trinajstić information content (AvgIpc) is 2.89. The number of hydrogen-bond acceptors (Lipinski definition) is 7. The van der Waals surface area contributed by atoms with E-state index < -0.39 is 0 Å². The molecule has 5 rings (SSSR count). The monoisotopic (exact) mass is 493 g/mol. The molecule has 0 amide bonds. The van der Waals surface area contributed by atoms with E-state index in [1.165, 1.54) is 6.33 Å². The molecule has 0 unspecified atom stereocenters. The van der Waals surface area contributed by atoms with Gasteiger partial charge in [-0.15, -0.1) is 0 Å². The van der Waals surface area contributed by atoms with E-state index in [1.807, 2.05) is 42.5 Å². The molecule has 0 aliphatic rings. The SMILES string of the molecule is Nc1ncnc(NCCc2nc3cccc(Cl)c3c(=O)n2-c2ccccc2)c1C#Cc1cccnc1. The van der Waals surface area contributed by atoms with Crippen molar-refractivity contribution in [3.05, 3.63) is 112 Å². The van der Waals surface area contributed by atoms with Gasteiger partial charge in [0, 0.05) is 30.9 Å². The molecule has 176 valence electrons. The third-order valence-corrected chi connectivity index (χ3v) is 5.76. The molecule has 36 heavy (non-hydrogen) atoms. The summed E-state index contributed by atoms with van der Waals surface area (Å²) in [6, 6.07) is 18.3.